The predicted octanol–water partition coefficient (Wildman–Crippen LogP) is 2.68. The standard InChI is InChI=1S/C15H18N2O3/c1-4-20-11-7-5-10(6-8-11)14-13(16)12(15(18)19)9(2)17(14)3/h5-8H,4,16H2,1-3H3,(H,18,19). The first-order valence-electron chi connectivity index (χ1n) is 6.38. The third kappa shape index (κ3) is 2.22. The Morgan fingerprint density at radius 1 is 1.35 bits per heavy atom. The van der Waals surface area contributed by atoms with E-state index in [9.17, 15) is 9.90 Å². The van der Waals surface area contributed by atoms with Gasteiger partial charge in [0.2, 0.25) is 0 Å². The molecule has 5 nitrogen and oxygen atoms in total. The maximum Gasteiger partial charge on any atom is 0.339 e. The van der Waals surface area contributed by atoms with Gasteiger partial charge in [-0.2, -0.15) is 0 Å². The van der Waals surface area contributed by atoms with Gasteiger partial charge in [0.25, 0.3) is 0 Å². The first-order valence-corrected chi connectivity index (χ1v) is 6.38. The Morgan fingerprint density at radius 2 is 1.95 bits per heavy atom. The molecule has 0 atom stereocenters. The quantitative estimate of drug-likeness (QED) is 0.898. The molecule has 0 saturated carbocycles. The molecule has 5 heteroatoms. The van der Waals surface area contributed by atoms with Crippen molar-refractivity contribution in [1.29, 1.82) is 0 Å². The Labute approximate surface area is 117 Å². The van der Waals surface area contributed by atoms with Crippen LogP contribution in [0.2, 0.25) is 0 Å². The first kappa shape index (κ1) is 14.0. The van der Waals surface area contributed by atoms with Crippen molar-refractivity contribution in [1.82, 2.24) is 4.57 Å². The van der Waals surface area contributed by atoms with Gasteiger partial charge in [-0.15, -0.1) is 0 Å². The second kappa shape index (κ2) is 5.28. The van der Waals surface area contributed by atoms with E-state index in [4.69, 9.17) is 10.5 Å². The fourth-order valence-corrected chi connectivity index (χ4v) is 2.32. The highest BCUT2D eigenvalue weighted by Crippen LogP contribution is 2.33. The summed E-state index contributed by atoms with van der Waals surface area (Å²) in [6, 6.07) is 7.45. The van der Waals surface area contributed by atoms with Gasteiger partial charge >= 0.3 is 5.97 Å². The van der Waals surface area contributed by atoms with Crippen LogP contribution >= 0.6 is 0 Å². The predicted molar refractivity (Wildman–Crippen MR) is 78.1 cm³/mol. The minimum absolute atomic E-state index is 0.163. The van der Waals surface area contributed by atoms with Crippen LogP contribution in [0.25, 0.3) is 11.3 Å². The minimum Gasteiger partial charge on any atom is -0.494 e. The van der Waals surface area contributed by atoms with E-state index in [1.54, 1.807) is 11.5 Å². The molecule has 2 rings (SSSR count). The van der Waals surface area contributed by atoms with E-state index in [-0.39, 0.29) is 5.56 Å². The molecule has 0 aliphatic rings. The van der Waals surface area contributed by atoms with Gasteiger partial charge in [0.05, 0.1) is 18.0 Å². The number of carbonyl (C=O) groups is 1. The Bertz CT molecular complexity index is 642. The fourth-order valence-electron chi connectivity index (χ4n) is 2.32. The molecule has 3 N–H and O–H groups in total. The third-order valence-electron chi connectivity index (χ3n) is 3.38. The van der Waals surface area contributed by atoms with Crippen LogP contribution < -0.4 is 10.5 Å². The number of anilines is 1. The normalized spacial score (nSPS) is 10.6. The summed E-state index contributed by atoms with van der Waals surface area (Å²) in [6.45, 7) is 4.28. The minimum atomic E-state index is -1.01. The summed E-state index contributed by atoms with van der Waals surface area (Å²) in [5.41, 5.74) is 8.67. The van der Waals surface area contributed by atoms with Gasteiger partial charge in [-0.05, 0) is 38.1 Å². The topological polar surface area (TPSA) is 77.5 Å². The molecule has 0 unspecified atom stereocenters. The summed E-state index contributed by atoms with van der Waals surface area (Å²) in [4.78, 5) is 11.3. The molecule has 0 bridgehead atoms. The van der Waals surface area contributed by atoms with Gasteiger partial charge in [-0.3, -0.25) is 0 Å². The summed E-state index contributed by atoms with van der Waals surface area (Å²) < 4.78 is 7.19. The number of carboxylic acid groups (broad SMARTS) is 1. The lowest BCUT2D eigenvalue weighted by Gasteiger charge is -2.08. The number of nitrogen functional groups attached to an aromatic ring is 1. The number of rotatable bonds is 4. The summed E-state index contributed by atoms with van der Waals surface area (Å²) >= 11 is 0. The van der Waals surface area contributed by atoms with E-state index in [1.165, 1.54) is 0 Å². The highest BCUT2D eigenvalue weighted by atomic mass is 16.5. The van der Waals surface area contributed by atoms with E-state index in [1.807, 2.05) is 38.2 Å². The monoisotopic (exact) mass is 274 g/mol. The molecule has 1 aromatic heterocycles. The molecule has 1 heterocycles. The van der Waals surface area contributed by atoms with Crippen molar-refractivity contribution in [2.45, 2.75) is 13.8 Å². The highest BCUT2D eigenvalue weighted by Gasteiger charge is 2.22. The van der Waals surface area contributed by atoms with Crippen LogP contribution in [0.5, 0.6) is 5.75 Å². The molecule has 20 heavy (non-hydrogen) atoms. The van der Waals surface area contributed by atoms with Gasteiger partial charge in [0.1, 0.15) is 11.3 Å². The van der Waals surface area contributed by atoms with Gasteiger partial charge in [-0.25, -0.2) is 4.79 Å². The zero-order chi connectivity index (χ0) is 14.9. The van der Waals surface area contributed by atoms with Crippen molar-refractivity contribution < 1.29 is 14.6 Å². The van der Waals surface area contributed by atoms with Crippen LogP contribution in [0.3, 0.4) is 0 Å². The summed E-state index contributed by atoms with van der Waals surface area (Å²) in [5.74, 6) is -0.230. The van der Waals surface area contributed by atoms with E-state index in [0.29, 0.717) is 23.7 Å². The van der Waals surface area contributed by atoms with Crippen LogP contribution in [0.1, 0.15) is 23.0 Å². The average molecular weight is 274 g/mol. The molecular formula is C15H18N2O3. The van der Waals surface area contributed by atoms with Gasteiger partial charge < -0.3 is 20.1 Å². The van der Waals surface area contributed by atoms with Gasteiger partial charge in [0.15, 0.2) is 0 Å². The number of nitrogens with zero attached hydrogens (tertiary/aromatic N) is 1. The van der Waals surface area contributed by atoms with Crippen molar-refractivity contribution in [3.8, 4) is 17.0 Å². The maximum atomic E-state index is 11.3. The van der Waals surface area contributed by atoms with Crippen molar-refractivity contribution in [2.24, 2.45) is 7.05 Å². The highest BCUT2D eigenvalue weighted by molar-refractivity contribution is 5.99. The molecular weight excluding hydrogens is 256 g/mol. The second-order valence-corrected chi connectivity index (χ2v) is 4.54. The molecule has 0 radical (unpaired) electrons. The van der Waals surface area contributed by atoms with Crippen LogP contribution in [0, 0.1) is 6.92 Å². The molecule has 0 aliphatic carbocycles. The molecule has 2 aromatic rings. The Balaban J connectivity index is 2.53. The largest absolute Gasteiger partial charge is 0.494 e. The summed E-state index contributed by atoms with van der Waals surface area (Å²) in [5, 5.41) is 9.23. The van der Waals surface area contributed by atoms with Crippen LogP contribution in [0.4, 0.5) is 5.69 Å². The number of hydrogen-bond acceptors (Lipinski definition) is 3. The maximum absolute atomic E-state index is 11.3. The number of hydrogen-bond donors (Lipinski definition) is 2. The number of benzene rings is 1. The lowest BCUT2D eigenvalue weighted by Crippen LogP contribution is -2.01. The van der Waals surface area contributed by atoms with Crippen molar-refractivity contribution in [3.05, 3.63) is 35.5 Å². The average Bonchev–Trinajstić information content (AvgIpc) is 2.62. The SMILES string of the molecule is CCOc1ccc(-c2c(N)c(C(=O)O)c(C)n2C)cc1. The van der Waals surface area contributed by atoms with Crippen molar-refractivity contribution in [3.63, 3.8) is 0 Å². The molecule has 0 amide bonds. The van der Waals surface area contributed by atoms with Crippen LogP contribution in [0.15, 0.2) is 24.3 Å². The molecule has 0 aliphatic heterocycles. The zero-order valence-electron chi connectivity index (χ0n) is 11.8. The summed E-state index contributed by atoms with van der Waals surface area (Å²) in [6.07, 6.45) is 0. The van der Waals surface area contributed by atoms with Crippen molar-refractivity contribution >= 4 is 11.7 Å². The van der Waals surface area contributed by atoms with E-state index < -0.39 is 5.97 Å². The van der Waals surface area contributed by atoms with E-state index in [0.717, 1.165) is 11.3 Å². The summed E-state index contributed by atoms with van der Waals surface area (Å²) in [7, 11) is 1.81. The third-order valence-corrected chi connectivity index (χ3v) is 3.38. The number of aromatic carboxylic acids is 1. The fraction of sp³-hybridized carbons (Fsp3) is 0.267. The smallest absolute Gasteiger partial charge is 0.339 e. The number of aromatic nitrogens is 1. The molecule has 0 spiro atoms. The molecule has 1 aromatic carbocycles. The van der Waals surface area contributed by atoms with Crippen molar-refractivity contribution in [2.75, 3.05) is 12.3 Å². The van der Waals surface area contributed by atoms with Crippen LogP contribution in [-0.4, -0.2) is 22.2 Å². The van der Waals surface area contributed by atoms with Crippen LogP contribution in [-0.2, 0) is 7.05 Å². The Morgan fingerprint density at radius 3 is 2.40 bits per heavy atom. The van der Waals surface area contributed by atoms with Gasteiger partial charge in [0, 0.05) is 18.3 Å². The molecule has 106 valence electrons. The first-order chi connectivity index (χ1) is 9.47. The lowest BCUT2D eigenvalue weighted by molar-refractivity contribution is 0.0697. The lowest BCUT2D eigenvalue weighted by atomic mass is 10.1. The number of carboxylic acids is 1. The molecule has 0 fully saturated rings. The Hall–Kier alpha value is -2.43. The number of nitrogens with two attached hydrogens (primary N) is 1. The zero-order valence-corrected chi connectivity index (χ0v) is 11.8. The Kier molecular flexibility index (Phi) is 3.70. The van der Waals surface area contributed by atoms with Gasteiger partial charge in [-0.1, -0.05) is 0 Å². The van der Waals surface area contributed by atoms with E-state index in [2.05, 4.69) is 0 Å². The second-order valence-electron chi connectivity index (χ2n) is 4.54. The molecule has 0 saturated heterocycles. The van der Waals surface area contributed by atoms with E-state index >= 15 is 0 Å². The number of ether oxygens (including phenoxy) is 1.